The zero-order valence-corrected chi connectivity index (χ0v) is 16.2. The van der Waals surface area contributed by atoms with E-state index >= 15 is 0 Å². The fourth-order valence-electron chi connectivity index (χ4n) is 3.13. The lowest BCUT2D eigenvalue weighted by molar-refractivity contribution is 0.641. The van der Waals surface area contributed by atoms with Crippen LogP contribution in [0.2, 0.25) is 0 Å². The van der Waals surface area contributed by atoms with Crippen molar-refractivity contribution in [3.8, 4) is 0 Å². The third-order valence-electron chi connectivity index (χ3n) is 4.31. The summed E-state index contributed by atoms with van der Waals surface area (Å²) in [6.07, 6.45) is 2.20. The molecule has 5 heteroatoms. The van der Waals surface area contributed by atoms with Gasteiger partial charge in [0.2, 0.25) is 0 Å². The molecule has 0 aromatic heterocycles. The van der Waals surface area contributed by atoms with Crippen molar-refractivity contribution in [3.63, 3.8) is 0 Å². The number of para-hydroxylation sites is 1. The van der Waals surface area contributed by atoms with Crippen LogP contribution in [0, 0.1) is 0 Å². The summed E-state index contributed by atoms with van der Waals surface area (Å²) in [4.78, 5) is 2.50. The summed E-state index contributed by atoms with van der Waals surface area (Å²) in [5.41, 5.74) is 3.85. The van der Waals surface area contributed by atoms with E-state index in [-0.39, 0.29) is 0 Å². The molecule has 2 N–H and O–H groups in total. The minimum atomic E-state index is 0.579. The molecule has 1 aliphatic rings. The van der Waals surface area contributed by atoms with E-state index < -0.39 is 0 Å². The van der Waals surface area contributed by atoms with Crippen LogP contribution in [0.25, 0.3) is 0 Å². The first kappa shape index (κ1) is 17.2. The maximum absolute atomic E-state index is 5.36. The van der Waals surface area contributed by atoms with Crippen LogP contribution in [0.4, 0.5) is 11.4 Å². The lowest BCUT2D eigenvalue weighted by Crippen LogP contribution is -2.34. The summed E-state index contributed by atoms with van der Waals surface area (Å²) >= 11 is 8.79. The van der Waals surface area contributed by atoms with Crippen molar-refractivity contribution < 1.29 is 0 Å². The summed E-state index contributed by atoms with van der Waals surface area (Å²) in [6, 6.07) is 17.3. The fraction of sp³-hybridized carbons (Fsp3) is 0.316. The molecule has 3 rings (SSSR count). The molecule has 2 aromatic carbocycles. The molecule has 2 aromatic rings. The predicted molar refractivity (Wildman–Crippen MR) is 110 cm³/mol. The standard InChI is InChI=1S/C19H22BrN3S/c1-14-13-15-5-2-3-6-18(15)23(14)12-4-11-21-19(24)22-17-9-7-16(20)8-10-17/h2-3,5-10,14H,4,11-13H2,1H3,(H2,21,22,24). The van der Waals surface area contributed by atoms with E-state index in [2.05, 4.69) is 62.7 Å². The van der Waals surface area contributed by atoms with Gasteiger partial charge in [0, 0.05) is 35.0 Å². The molecule has 3 nitrogen and oxygen atoms in total. The van der Waals surface area contributed by atoms with E-state index in [4.69, 9.17) is 12.2 Å². The molecule has 0 bridgehead atoms. The first-order valence-corrected chi connectivity index (χ1v) is 9.48. The maximum atomic E-state index is 5.36. The van der Waals surface area contributed by atoms with Crippen molar-refractivity contribution in [1.82, 2.24) is 5.32 Å². The van der Waals surface area contributed by atoms with Crippen molar-refractivity contribution in [2.75, 3.05) is 23.3 Å². The van der Waals surface area contributed by atoms with Gasteiger partial charge in [-0.2, -0.15) is 0 Å². The monoisotopic (exact) mass is 403 g/mol. The summed E-state index contributed by atoms with van der Waals surface area (Å²) < 4.78 is 1.06. The van der Waals surface area contributed by atoms with E-state index in [1.807, 2.05) is 24.3 Å². The van der Waals surface area contributed by atoms with Crippen LogP contribution in [0.1, 0.15) is 18.9 Å². The Kier molecular flexibility index (Phi) is 5.74. The molecule has 0 spiro atoms. The summed E-state index contributed by atoms with van der Waals surface area (Å²) in [6.45, 7) is 4.22. The van der Waals surface area contributed by atoms with Crippen molar-refractivity contribution in [1.29, 1.82) is 0 Å². The zero-order valence-electron chi connectivity index (χ0n) is 13.8. The van der Waals surface area contributed by atoms with Gasteiger partial charge in [-0.1, -0.05) is 34.1 Å². The zero-order chi connectivity index (χ0) is 16.9. The Morgan fingerprint density at radius 2 is 1.96 bits per heavy atom. The molecule has 0 saturated carbocycles. The first-order valence-electron chi connectivity index (χ1n) is 8.28. The summed E-state index contributed by atoms with van der Waals surface area (Å²) in [5, 5.41) is 7.17. The second-order valence-corrected chi connectivity index (χ2v) is 7.44. The largest absolute Gasteiger partial charge is 0.368 e. The van der Waals surface area contributed by atoms with E-state index in [1.165, 1.54) is 11.3 Å². The number of anilines is 2. The Morgan fingerprint density at radius 3 is 2.75 bits per heavy atom. The SMILES string of the molecule is CC1Cc2ccccc2N1CCCNC(=S)Nc1ccc(Br)cc1. The van der Waals surface area contributed by atoms with E-state index in [0.717, 1.165) is 36.1 Å². The van der Waals surface area contributed by atoms with Crippen LogP contribution in [0.15, 0.2) is 53.0 Å². The van der Waals surface area contributed by atoms with Gasteiger partial charge in [-0.3, -0.25) is 0 Å². The van der Waals surface area contributed by atoms with Crippen LogP contribution < -0.4 is 15.5 Å². The molecule has 126 valence electrons. The van der Waals surface area contributed by atoms with Crippen molar-refractivity contribution >= 4 is 44.6 Å². The average Bonchev–Trinajstić information content (AvgIpc) is 2.89. The molecule has 0 amide bonds. The van der Waals surface area contributed by atoms with Gasteiger partial charge in [-0.05, 0) is 67.9 Å². The summed E-state index contributed by atoms with van der Waals surface area (Å²) in [7, 11) is 0. The van der Waals surface area contributed by atoms with Crippen molar-refractivity contribution in [3.05, 3.63) is 58.6 Å². The number of rotatable bonds is 5. The third-order valence-corrected chi connectivity index (χ3v) is 5.09. The fourth-order valence-corrected chi connectivity index (χ4v) is 3.61. The molecule has 1 aliphatic heterocycles. The molecule has 0 saturated heterocycles. The van der Waals surface area contributed by atoms with Crippen LogP contribution >= 0.6 is 28.1 Å². The highest BCUT2D eigenvalue weighted by atomic mass is 79.9. The summed E-state index contributed by atoms with van der Waals surface area (Å²) in [5.74, 6) is 0. The third kappa shape index (κ3) is 4.28. The Labute approximate surface area is 157 Å². The number of thiocarbonyl (C=S) groups is 1. The molecule has 0 aliphatic carbocycles. The highest BCUT2D eigenvalue weighted by molar-refractivity contribution is 9.10. The number of nitrogens with one attached hydrogen (secondary N) is 2. The van der Waals surface area contributed by atoms with Crippen LogP contribution in [-0.2, 0) is 6.42 Å². The second-order valence-electron chi connectivity index (χ2n) is 6.12. The number of halogens is 1. The van der Waals surface area contributed by atoms with E-state index in [0.29, 0.717) is 11.2 Å². The molecule has 0 radical (unpaired) electrons. The van der Waals surface area contributed by atoms with Gasteiger partial charge in [0.15, 0.2) is 5.11 Å². The Balaban J connectivity index is 1.42. The number of benzene rings is 2. The van der Waals surface area contributed by atoms with Crippen LogP contribution in [0.3, 0.4) is 0 Å². The van der Waals surface area contributed by atoms with Gasteiger partial charge in [-0.25, -0.2) is 0 Å². The Morgan fingerprint density at radius 1 is 1.21 bits per heavy atom. The topological polar surface area (TPSA) is 27.3 Å². The normalized spacial score (nSPS) is 15.9. The Bertz CT molecular complexity index is 702. The Hall–Kier alpha value is -1.59. The minimum Gasteiger partial charge on any atom is -0.368 e. The number of fused-ring (bicyclic) bond motifs is 1. The first-order chi connectivity index (χ1) is 11.6. The molecule has 1 heterocycles. The van der Waals surface area contributed by atoms with Gasteiger partial charge >= 0.3 is 0 Å². The average molecular weight is 404 g/mol. The lowest BCUT2D eigenvalue weighted by atomic mass is 10.1. The molecule has 24 heavy (non-hydrogen) atoms. The molecule has 1 atom stereocenters. The quantitative estimate of drug-likeness (QED) is 0.564. The van der Waals surface area contributed by atoms with Crippen LogP contribution in [-0.4, -0.2) is 24.2 Å². The van der Waals surface area contributed by atoms with Gasteiger partial charge < -0.3 is 15.5 Å². The maximum Gasteiger partial charge on any atom is 0.170 e. The number of hydrogen-bond donors (Lipinski definition) is 2. The molecule has 1 unspecified atom stereocenters. The van der Waals surface area contributed by atoms with Gasteiger partial charge in [0.1, 0.15) is 0 Å². The highest BCUT2D eigenvalue weighted by Gasteiger charge is 2.24. The molecular formula is C19H22BrN3S. The highest BCUT2D eigenvalue weighted by Crippen LogP contribution is 2.31. The molecule has 0 fully saturated rings. The molecular weight excluding hydrogens is 382 g/mol. The number of hydrogen-bond acceptors (Lipinski definition) is 2. The van der Waals surface area contributed by atoms with Crippen molar-refractivity contribution in [2.45, 2.75) is 25.8 Å². The minimum absolute atomic E-state index is 0.579. The smallest absolute Gasteiger partial charge is 0.170 e. The van der Waals surface area contributed by atoms with Gasteiger partial charge in [0.25, 0.3) is 0 Å². The lowest BCUT2D eigenvalue weighted by Gasteiger charge is -2.25. The van der Waals surface area contributed by atoms with Gasteiger partial charge in [0.05, 0.1) is 0 Å². The number of nitrogens with zero attached hydrogens (tertiary/aromatic N) is 1. The predicted octanol–water partition coefficient (Wildman–Crippen LogP) is 4.58. The van der Waals surface area contributed by atoms with Gasteiger partial charge in [-0.15, -0.1) is 0 Å². The van der Waals surface area contributed by atoms with E-state index in [1.54, 1.807) is 0 Å². The second kappa shape index (κ2) is 7.99. The van der Waals surface area contributed by atoms with E-state index in [9.17, 15) is 0 Å². The van der Waals surface area contributed by atoms with Crippen LogP contribution in [0.5, 0.6) is 0 Å². The van der Waals surface area contributed by atoms with Crippen molar-refractivity contribution in [2.24, 2.45) is 0 Å².